The molecule has 5 heteroatoms. The normalized spacial score (nSPS) is 21.8. The number of amides is 2. The highest BCUT2D eigenvalue weighted by atomic mass is 16.2. The van der Waals surface area contributed by atoms with Gasteiger partial charge in [-0.1, -0.05) is 24.3 Å². The Balaban J connectivity index is 1.84. The fraction of sp³-hybridized carbons (Fsp3) is 0.500. The number of carbonyl (C=O) groups excluding carboxylic acids is 2. The van der Waals surface area contributed by atoms with Gasteiger partial charge in [0.15, 0.2) is 0 Å². The van der Waals surface area contributed by atoms with Crippen molar-refractivity contribution in [2.75, 3.05) is 0 Å². The van der Waals surface area contributed by atoms with E-state index < -0.39 is 0 Å². The number of hydrogen-bond acceptors (Lipinski definition) is 3. The van der Waals surface area contributed by atoms with E-state index in [1.54, 1.807) is 0 Å². The average molecular weight is 289 g/mol. The molecule has 0 atom stereocenters. The largest absolute Gasteiger partial charge is 0.369 e. The Morgan fingerprint density at radius 2 is 1.71 bits per heavy atom. The molecule has 114 valence electrons. The van der Waals surface area contributed by atoms with Crippen LogP contribution in [0.25, 0.3) is 0 Å². The van der Waals surface area contributed by atoms with Crippen LogP contribution in [-0.2, 0) is 22.6 Å². The summed E-state index contributed by atoms with van der Waals surface area (Å²) in [4.78, 5) is 23.2. The maximum absolute atomic E-state index is 12.1. The van der Waals surface area contributed by atoms with Gasteiger partial charge in [-0.15, -0.1) is 0 Å². The van der Waals surface area contributed by atoms with Crippen molar-refractivity contribution < 1.29 is 9.59 Å². The van der Waals surface area contributed by atoms with Crippen LogP contribution in [-0.4, -0.2) is 17.9 Å². The number of primary amides is 1. The van der Waals surface area contributed by atoms with Crippen LogP contribution in [0.1, 0.15) is 36.8 Å². The molecule has 0 unspecified atom stereocenters. The molecule has 0 heterocycles. The van der Waals surface area contributed by atoms with Gasteiger partial charge >= 0.3 is 0 Å². The highest BCUT2D eigenvalue weighted by Gasteiger charge is 2.25. The van der Waals surface area contributed by atoms with E-state index in [4.69, 9.17) is 11.5 Å². The number of carbonyl (C=O) groups is 2. The number of nitrogens with one attached hydrogen (secondary N) is 1. The third-order valence-electron chi connectivity index (χ3n) is 4.18. The first kappa shape index (κ1) is 15.5. The standard InChI is InChI=1S/C16H23N3O2/c17-10-13-4-2-1-3-12(13)9-15(20)19-14-7-5-11(6-8-14)16(18)21/h1-4,11,14H,5-10,17H2,(H2,18,21)(H,19,20). The molecule has 5 nitrogen and oxygen atoms in total. The first-order valence-electron chi connectivity index (χ1n) is 7.45. The van der Waals surface area contributed by atoms with Crippen molar-refractivity contribution in [2.45, 2.75) is 44.7 Å². The highest BCUT2D eigenvalue weighted by Crippen LogP contribution is 2.24. The second kappa shape index (κ2) is 7.22. The van der Waals surface area contributed by atoms with Crippen molar-refractivity contribution in [3.05, 3.63) is 35.4 Å². The summed E-state index contributed by atoms with van der Waals surface area (Å²) in [5.74, 6) is -0.244. The molecule has 0 spiro atoms. The Hall–Kier alpha value is -1.88. The zero-order chi connectivity index (χ0) is 15.2. The number of nitrogens with two attached hydrogens (primary N) is 2. The Kier molecular flexibility index (Phi) is 5.33. The van der Waals surface area contributed by atoms with E-state index >= 15 is 0 Å². The molecule has 0 aliphatic heterocycles. The van der Waals surface area contributed by atoms with Gasteiger partial charge < -0.3 is 16.8 Å². The zero-order valence-electron chi connectivity index (χ0n) is 12.2. The van der Waals surface area contributed by atoms with Gasteiger partial charge in [-0.3, -0.25) is 9.59 Å². The lowest BCUT2D eigenvalue weighted by atomic mass is 9.85. The second-order valence-electron chi connectivity index (χ2n) is 5.67. The second-order valence-corrected chi connectivity index (χ2v) is 5.67. The van der Waals surface area contributed by atoms with Crippen LogP contribution in [0.4, 0.5) is 0 Å². The molecule has 1 saturated carbocycles. The van der Waals surface area contributed by atoms with Crippen LogP contribution >= 0.6 is 0 Å². The van der Waals surface area contributed by atoms with Crippen molar-refractivity contribution >= 4 is 11.8 Å². The van der Waals surface area contributed by atoms with E-state index in [0.29, 0.717) is 13.0 Å². The molecule has 5 N–H and O–H groups in total. The van der Waals surface area contributed by atoms with E-state index in [0.717, 1.165) is 36.8 Å². The molecule has 2 amide bonds. The lowest BCUT2D eigenvalue weighted by molar-refractivity contribution is -0.123. The lowest BCUT2D eigenvalue weighted by Crippen LogP contribution is -2.40. The van der Waals surface area contributed by atoms with E-state index in [2.05, 4.69) is 5.32 Å². The van der Waals surface area contributed by atoms with Crippen LogP contribution in [0.15, 0.2) is 24.3 Å². The van der Waals surface area contributed by atoms with Crippen LogP contribution in [0.3, 0.4) is 0 Å². The molecular formula is C16H23N3O2. The summed E-state index contributed by atoms with van der Waals surface area (Å²) >= 11 is 0. The zero-order valence-corrected chi connectivity index (χ0v) is 12.2. The summed E-state index contributed by atoms with van der Waals surface area (Å²) in [5, 5.41) is 3.05. The fourth-order valence-electron chi connectivity index (χ4n) is 2.90. The van der Waals surface area contributed by atoms with Crippen molar-refractivity contribution in [3.8, 4) is 0 Å². The third kappa shape index (κ3) is 4.29. The van der Waals surface area contributed by atoms with Crippen LogP contribution in [0, 0.1) is 5.92 Å². The Morgan fingerprint density at radius 1 is 1.10 bits per heavy atom. The van der Waals surface area contributed by atoms with Crippen molar-refractivity contribution in [1.82, 2.24) is 5.32 Å². The van der Waals surface area contributed by atoms with Gasteiger partial charge in [0.2, 0.25) is 11.8 Å². The Morgan fingerprint density at radius 3 is 2.29 bits per heavy atom. The molecule has 21 heavy (non-hydrogen) atoms. The number of rotatable bonds is 5. The number of benzene rings is 1. The molecule has 1 aliphatic carbocycles. The van der Waals surface area contributed by atoms with Gasteiger partial charge in [0.05, 0.1) is 6.42 Å². The van der Waals surface area contributed by atoms with Crippen LogP contribution < -0.4 is 16.8 Å². The molecule has 1 fully saturated rings. The predicted molar refractivity (Wildman–Crippen MR) is 81.1 cm³/mol. The maximum atomic E-state index is 12.1. The maximum Gasteiger partial charge on any atom is 0.224 e. The lowest BCUT2D eigenvalue weighted by Gasteiger charge is -2.27. The summed E-state index contributed by atoms with van der Waals surface area (Å²) < 4.78 is 0. The monoisotopic (exact) mass is 289 g/mol. The quantitative estimate of drug-likeness (QED) is 0.749. The first-order chi connectivity index (χ1) is 10.1. The first-order valence-corrected chi connectivity index (χ1v) is 7.45. The molecule has 1 aromatic rings. The molecule has 0 bridgehead atoms. The van der Waals surface area contributed by atoms with E-state index in [9.17, 15) is 9.59 Å². The van der Waals surface area contributed by atoms with E-state index in [1.165, 1.54) is 0 Å². The molecule has 2 rings (SSSR count). The van der Waals surface area contributed by atoms with E-state index in [1.807, 2.05) is 24.3 Å². The number of hydrogen-bond donors (Lipinski definition) is 3. The predicted octanol–water partition coefficient (Wildman–Crippen LogP) is 0.848. The van der Waals surface area contributed by atoms with Gasteiger partial charge in [-0.2, -0.15) is 0 Å². The molecular weight excluding hydrogens is 266 g/mol. The molecule has 0 radical (unpaired) electrons. The van der Waals surface area contributed by atoms with Crippen LogP contribution in [0.5, 0.6) is 0 Å². The Labute approximate surface area is 125 Å². The summed E-state index contributed by atoms with van der Waals surface area (Å²) in [6.07, 6.45) is 3.51. The van der Waals surface area contributed by atoms with Crippen molar-refractivity contribution in [3.63, 3.8) is 0 Å². The molecule has 1 aromatic carbocycles. The molecule has 0 aromatic heterocycles. The minimum absolute atomic E-state index is 0.0124. The smallest absolute Gasteiger partial charge is 0.224 e. The third-order valence-corrected chi connectivity index (χ3v) is 4.18. The highest BCUT2D eigenvalue weighted by molar-refractivity contribution is 5.79. The van der Waals surface area contributed by atoms with Crippen LogP contribution in [0.2, 0.25) is 0 Å². The van der Waals surface area contributed by atoms with Crippen molar-refractivity contribution in [2.24, 2.45) is 17.4 Å². The minimum Gasteiger partial charge on any atom is -0.369 e. The van der Waals surface area contributed by atoms with Gasteiger partial charge in [0, 0.05) is 18.5 Å². The molecule has 0 saturated heterocycles. The van der Waals surface area contributed by atoms with Gasteiger partial charge in [-0.05, 0) is 36.8 Å². The van der Waals surface area contributed by atoms with Crippen molar-refractivity contribution in [1.29, 1.82) is 0 Å². The SMILES string of the molecule is NCc1ccccc1CC(=O)NC1CCC(C(N)=O)CC1. The van der Waals surface area contributed by atoms with Gasteiger partial charge in [-0.25, -0.2) is 0 Å². The summed E-state index contributed by atoms with van der Waals surface area (Å²) in [6.45, 7) is 0.438. The Bertz CT molecular complexity index is 508. The topological polar surface area (TPSA) is 98.2 Å². The average Bonchev–Trinajstić information content (AvgIpc) is 2.48. The van der Waals surface area contributed by atoms with Gasteiger partial charge in [0.25, 0.3) is 0 Å². The minimum atomic E-state index is -0.225. The summed E-state index contributed by atoms with van der Waals surface area (Å²) in [6, 6.07) is 7.87. The van der Waals surface area contributed by atoms with Gasteiger partial charge in [0.1, 0.15) is 0 Å². The summed E-state index contributed by atoms with van der Waals surface area (Å²) in [5.41, 5.74) is 13.0. The molecule has 1 aliphatic rings. The fourth-order valence-corrected chi connectivity index (χ4v) is 2.90. The summed E-state index contributed by atoms with van der Waals surface area (Å²) in [7, 11) is 0. The van der Waals surface area contributed by atoms with E-state index in [-0.39, 0.29) is 23.8 Å².